The fourth-order valence-electron chi connectivity index (χ4n) is 2.25. The minimum atomic E-state index is -0.550. The molecule has 0 spiro atoms. The Kier molecular flexibility index (Phi) is 6.72. The van der Waals surface area contributed by atoms with Gasteiger partial charge in [0.25, 0.3) is 5.91 Å². The van der Waals surface area contributed by atoms with Crippen molar-refractivity contribution >= 4 is 28.9 Å². The van der Waals surface area contributed by atoms with Gasteiger partial charge in [-0.05, 0) is 18.6 Å². The Morgan fingerprint density at radius 2 is 2.38 bits per heavy atom. The molecule has 24 heavy (non-hydrogen) atoms. The first-order valence-corrected chi connectivity index (χ1v) is 8.23. The molecule has 8 heteroatoms. The van der Waals surface area contributed by atoms with Gasteiger partial charge in [0.05, 0.1) is 34.9 Å². The first kappa shape index (κ1) is 18.4. The van der Waals surface area contributed by atoms with Gasteiger partial charge in [0.15, 0.2) is 0 Å². The van der Waals surface area contributed by atoms with Crippen LogP contribution in [0.5, 0.6) is 0 Å². The highest BCUT2D eigenvalue weighted by Crippen LogP contribution is 2.18. The maximum Gasteiger partial charge on any atom is 0.273 e. The SMILES string of the molecule is CCCC(=N)/C(Cl)=C(\N)C(=O)Nc1ccc([C@H]2CNCCO2)nc1. The number of halogens is 1. The van der Waals surface area contributed by atoms with Crippen LogP contribution in [0.15, 0.2) is 29.1 Å². The lowest BCUT2D eigenvalue weighted by molar-refractivity contribution is -0.112. The van der Waals surface area contributed by atoms with Gasteiger partial charge in [-0.3, -0.25) is 9.78 Å². The third kappa shape index (κ3) is 4.77. The van der Waals surface area contributed by atoms with E-state index in [-0.39, 0.29) is 22.5 Å². The summed E-state index contributed by atoms with van der Waals surface area (Å²) >= 11 is 5.98. The van der Waals surface area contributed by atoms with Gasteiger partial charge in [-0.25, -0.2) is 0 Å². The number of pyridine rings is 1. The lowest BCUT2D eigenvalue weighted by atomic mass is 10.2. The van der Waals surface area contributed by atoms with Gasteiger partial charge >= 0.3 is 0 Å². The molecule has 1 atom stereocenters. The molecule has 0 unspecified atom stereocenters. The number of amides is 1. The number of hydrogen-bond donors (Lipinski definition) is 4. The highest BCUT2D eigenvalue weighted by molar-refractivity contribution is 6.45. The minimum absolute atomic E-state index is 0.0133. The second-order valence-corrected chi connectivity index (χ2v) is 5.82. The van der Waals surface area contributed by atoms with E-state index >= 15 is 0 Å². The molecule has 0 saturated carbocycles. The molecule has 1 aromatic heterocycles. The van der Waals surface area contributed by atoms with E-state index in [0.717, 1.165) is 18.7 Å². The van der Waals surface area contributed by atoms with Gasteiger partial charge in [-0.1, -0.05) is 24.9 Å². The van der Waals surface area contributed by atoms with Crippen LogP contribution in [0, 0.1) is 5.41 Å². The molecule has 2 rings (SSSR count). The topological polar surface area (TPSA) is 113 Å². The summed E-state index contributed by atoms with van der Waals surface area (Å²) in [4.78, 5) is 16.4. The summed E-state index contributed by atoms with van der Waals surface area (Å²) in [6.45, 7) is 4.12. The molecule has 2 heterocycles. The predicted molar refractivity (Wildman–Crippen MR) is 94.1 cm³/mol. The average Bonchev–Trinajstić information content (AvgIpc) is 2.62. The Hall–Kier alpha value is -1.96. The van der Waals surface area contributed by atoms with E-state index in [1.807, 2.05) is 6.92 Å². The number of rotatable bonds is 6. The molecule has 0 radical (unpaired) electrons. The van der Waals surface area contributed by atoms with Crippen molar-refractivity contribution in [1.82, 2.24) is 10.3 Å². The highest BCUT2D eigenvalue weighted by Gasteiger charge is 2.18. The van der Waals surface area contributed by atoms with Crippen molar-refractivity contribution in [3.05, 3.63) is 34.8 Å². The molecular weight excluding hydrogens is 330 g/mol. The van der Waals surface area contributed by atoms with Crippen molar-refractivity contribution in [2.45, 2.75) is 25.9 Å². The lowest BCUT2D eigenvalue weighted by Gasteiger charge is -2.23. The Labute approximate surface area is 146 Å². The van der Waals surface area contributed by atoms with Crippen molar-refractivity contribution in [2.75, 3.05) is 25.0 Å². The molecule has 0 aromatic carbocycles. The second kappa shape index (κ2) is 8.77. The van der Waals surface area contributed by atoms with Crippen LogP contribution in [0.4, 0.5) is 5.69 Å². The molecule has 1 fully saturated rings. The monoisotopic (exact) mass is 351 g/mol. The summed E-state index contributed by atoms with van der Waals surface area (Å²) in [7, 11) is 0. The van der Waals surface area contributed by atoms with E-state index in [1.54, 1.807) is 18.3 Å². The molecule has 1 aliphatic rings. The Bertz CT molecular complexity index is 624. The van der Waals surface area contributed by atoms with E-state index in [9.17, 15) is 4.79 Å². The summed E-state index contributed by atoms with van der Waals surface area (Å²) in [5, 5.41) is 13.6. The molecule has 7 nitrogen and oxygen atoms in total. The van der Waals surface area contributed by atoms with Gasteiger partial charge < -0.3 is 26.5 Å². The zero-order chi connectivity index (χ0) is 17.5. The van der Waals surface area contributed by atoms with Crippen LogP contribution in [0.2, 0.25) is 0 Å². The number of anilines is 1. The molecule has 0 aliphatic carbocycles. The first-order chi connectivity index (χ1) is 11.5. The number of nitrogens with one attached hydrogen (secondary N) is 3. The van der Waals surface area contributed by atoms with Crippen LogP contribution in [-0.2, 0) is 9.53 Å². The summed E-state index contributed by atoms with van der Waals surface area (Å²) in [5.41, 5.74) is 7.02. The number of carbonyl (C=O) groups excluding carboxylic acids is 1. The fourth-order valence-corrected chi connectivity index (χ4v) is 2.43. The van der Waals surface area contributed by atoms with E-state index in [2.05, 4.69) is 15.6 Å². The number of aromatic nitrogens is 1. The van der Waals surface area contributed by atoms with Crippen LogP contribution in [0.25, 0.3) is 0 Å². The zero-order valence-corrected chi connectivity index (χ0v) is 14.3. The van der Waals surface area contributed by atoms with E-state index in [4.69, 9.17) is 27.5 Å². The number of morpholine rings is 1. The molecular formula is C16H22ClN5O2. The minimum Gasteiger partial charge on any atom is -0.393 e. The standard InChI is InChI=1S/C16H22ClN5O2/c1-2-3-11(18)14(17)15(19)16(23)22-10-4-5-12(21-8-10)13-9-20-6-7-24-13/h4-5,8,13,18,20H,2-3,6-7,9,19H2,1H3,(H,22,23)/b15-14+,18-11?/t13-/m1/s1. The average molecular weight is 352 g/mol. The van der Waals surface area contributed by atoms with Gasteiger partial charge in [-0.15, -0.1) is 0 Å². The number of nitrogens with two attached hydrogens (primary N) is 1. The number of carbonyl (C=O) groups is 1. The van der Waals surface area contributed by atoms with Crippen molar-refractivity contribution in [2.24, 2.45) is 5.73 Å². The van der Waals surface area contributed by atoms with Crippen LogP contribution >= 0.6 is 11.6 Å². The van der Waals surface area contributed by atoms with Crippen LogP contribution in [0.1, 0.15) is 31.6 Å². The van der Waals surface area contributed by atoms with E-state index in [1.165, 1.54) is 0 Å². The van der Waals surface area contributed by atoms with Gasteiger partial charge in [0.1, 0.15) is 11.8 Å². The summed E-state index contributed by atoms with van der Waals surface area (Å²) < 4.78 is 5.62. The molecule has 0 bridgehead atoms. The molecule has 1 aliphatic heterocycles. The van der Waals surface area contributed by atoms with E-state index < -0.39 is 5.91 Å². The first-order valence-electron chi connectivity index (χ1n) is 7.85. The number of ether oxygens (including phenoxy) is 1. The molecule has 1 amide bonds. The molecule has 130 valence electrons. The largest absolute Gasteiger partial charge is 0.393 e. The summed E-state index contributed by atoms with van der Waals surface area (Å²) in [6.07, 6.45) is 2.69. The Morgan fingerprint density at radius 3 is 2.96 bits per heavy atom. The van der Waals surface area contributed by atoms with Gasteiger partial charge in [-0.2, -0.15) is 0 Å². The summed E-state index contributed by atoms with van der Waals surface area (Å²) in [6, 6.07) is 3.53. The van der Waals surface area contributed by atoms with Crippen molar-refractivity contribution in [1.29, 1.82) is 5.41 Å². The second-order valence-electron chi connectivity index (χ2n) is 5.45. The molecule has 5 N–H and O–H groups in total. The Balaban J connectivity index is 2.01. The van der Waals surface area contributed by atoms with Crippen LogP contribution in [0.3, 0.4) is 0 Å². The maximum absolute atomic E-state index is 12.1. The van der Waals surface area contributed by atoms with Crippen LogP contribution < -0.4 is 16.4 Å². The number of hydrogen-bond acceptors (Lipinski definition) is 6. The van der Waals surface area contributed by atoms with Crippen molar-refractivity contribution in [3.63, 3.8) is 0 Å². The quantitative estimate of drug-likeness (QED) is 0.462. The smallest absolute Gasteiger partial charge is 0.273 e. The molecule has 1 saturated heterocycles. The van der Waals surface area contributed by atoms with Crippen molar-refractivity contribution < 1.29 is 9.53 Å². The zero-order valence-electron chi connectivity index (χ0n) is 13.6. The third-order valence-electron chi connectivity index (χ3n) is 3.55. The van der Waals surface area contributed by atoms with Crippen molar-refractivity contribution in [3.8, 4) is 0 Å². The normalized spacial score (nSPS) is 18.7. The highest BCUT2D eigenvalue weighted by atomic mass is 35.5. The van der Waals surface area contributed by atoms with Gasteiger partial charge in [0, 0.05) is 13.1 Å². The summed E-state index contributed by atoms with van der Waals surface area (Å²) in [5.74, 6) is -0.550. The molecule has 1 aromatic rings. The van der Waals surface area contributed by atoms with E-state index in [0.29, 0.717) is 25.3 Å². The Morgan fingerprint density at radius 1 is 1.58 bits per heavy atom. The predicted octanol–water partition coefficient (Wildman–Crippen LogP) is 1.91. The number of allylic oxidation sites excluding steroid dienone is 1. The fraction of sp³-hybridized carbons (Fsp3) is 0.438. The number of nitrogens with zero attached hydrogens (tertiary/aromatic N) is 1. The maximum atomic E-state index is 12.1. The third-order valence-corrected chi connectivity index (χ3v) is 3.98. The van der Waals surface area contributed by atoms with Gasteiger partial charge in [0.2, 0.25) is 0 Å². The van der Waals surface area contributed by atoms with Crippen LogP contribution in [-0.4, -0.2) is 36.3 Å². The lowest BCUT2D eigenvalue weighted by Crippen LogP contribution is -2.33.